The van der Waals surface area contributed by atoms with Gasteiger partial charge in [0.1, 0.15) is 0 Å². The van der Waals surface area contributed by atoms with Gasteiger partial charge in [-0.2, -0.15) is 0 Å². The minimum atomic E-state index is -0.844. The molecule has 0 radical (unpaired) electrons. The topological polar surface area (TPSA) is 59.5 Å². The number of carbonyl (C=O) groups excluding carboxylic acids is 2. The van der Waals surface area contributed by atoms with Crippen LogP contribution in [0, 0.1) is 0 Å². The van der Waals surface area contributed by atoms with Crippen molar-refractivity contribution in [2.24, 2.45) is 0 Å². The zero-order chi connectivity index (χ0) is 18.4. The lowest BCUT2D eigenvalue weighted by Gasteiger charge is -2.22. The van der Waals surface area contributed by atoms with Crippen molar-refractivity contribution < 1.29 is 14.3 Å². The van der Waals surface area contributed by atoms with Crippen LogP contribution < -0.4 is 0 Å². The van der Waals surface area contributed by atoms with Gasteiger partial charge in [-0.1, -0.05) is 48.5 Å². The SMILES string of the molecule is CCOC(=O)C(=O)N(Cc1ccccn1)Cc1cccc2ccccc12. The Morgan fingerprint density at radius 2 is 1.73 bits per heavy atom. The first kappa shape index (κ1) is 17.6. The number of benzene rings is 2. The molecule has 3 rings (SSSR count). The number of hydrogen-bond donors (Lipinski definition) is 0. The molecule has 3 aromatic rings. The maximum absolute atomic E-state index is 12.6. The highest BCUT2D eigenvalue weighted by Gasteiger charge is 2.24. The van der Waals surface area contributed by atoms with E-state index in [1.807, 2.05) is 60.7 Å². The van der Waals surface area contributed by atoms with E-state index in [-0.39, 0.29) is 13.2 Å². The van der Waals surface area contributed by atoms with Gasteiger partial charge in [-0.25, -0.2) is 4.79 Å². The highest BCUT2D eigenvalue weighted by atomic mass is 16.5. The number of rotatable bonds is 5. The van der Waals surface area contributed by atoms with Gasteiger partial charge in [0.05, 0.1) is 18.8 Å². The fraction of sp³-hybridized carbons (Fsp3) is 0.190. The van der Waals surface area contributed by atoms with E-state index in [0.717, 1.165) is 16.3 Å². The van der Waals surface area contributed by atoms with Crippen molar-refractivity contribution in [1.29, 1.82) is 0 Å². The predicted molar refractivity (Wildman–Crippen MR) is 99.1 cm³/mol. The molecule has 0 aliphatic rings. The van der Waals surface area contributed by atoms with E-state index >= 15 is 0 Å². The number of amides is 1. The largest absolute Gasteiger partial charge is 0.459 e. The van der Waals surface area contributed by atoms with Crippen LogP contribution in [0.15, 0.2) is 66.9 Å². The lowest BCUT2D eigenvalue weighted by atomic mass is 10.0. The molecule has 0 bridgehead atoms. The van der Waals surface area contributed by atoms with E-state index in [9.17, 15) is 9.59 Å². The zero-order valence-electron chi connectivity index (χ0n) is 14.6. The Labute approximate surface area is 152 Å². The molecule has 0 aliphatic heterocycles. The summed E-state index contributed by atoms with van der Waals surface area (Å²) in [4.78, 5) is 30.3. The first-order chi connectivity index (χ1) is 12.7. The monoisotopic (exact) mass is 348 g/mol. The first-order valence-corrected chi connectivity index (χ1v) is 8.51. The molecule has 1 aromatic heterocycles. The average Bonchev–Trinajstić information content (AvgIpc) is 2.68. The molecule has 0 fully saturated rings. The predicted octanol–water partition coefficient (Wildman–Crippen LogP) is 3.33. The highest BCUT2D eigenvalue weighted by molar-refractivity contribution is 6.32. The quantitative estimate of drug-likeness (QED) is 0.524. The summed E-state index contributed by atoms with van der Waals surface area (Å²) in [6.07, 6.45) is 1.67. The van der Waals surface area contributed by atoms with E-state index in [2.05, 4.69) is 4.98 Å². The van der Waals surface area contributed by atoms with E-state index in [0.29, 0.717) is 12.2 Å². The minimum absolute atomic E-state index is 0.163. The number of esters is 1. The molecule has 0 spiro atoms. The Hall–Kier alpha value is -3.21. The minimum Gasteiger partial charge on any atom is -0.459 e. The van der Waals surface area contributed by atoms with Crippen molar-refractivity contribution in [2.75, 3.05) is 6.61 Å². The smallest absolute Gasteiger partial charge is 0.397 e. The molecular formula is C21H20N2O3. The van der Waals surface area contributed by atoms with Gasteiger partial charge in [0.25, 0.3) is 0 Å². The van der Waals surface area contributed by atoms with Crippen LogP contribution in [0.5, 0.6) is 0 Å². The zero-order valence-corrected chi connectivity index (χ0v) is 14.6. The van der Waals surface area contributed by atoms with Crippen LogP contribution in [0.1, 0.15) is 18.2 Å². The maximum atomic E-state index is 12.6. The average molecular weight is 348 g/mol. The van der Waals surface area contributed by atoms with Crippen molar-refractivity contribution in [3.05, 3.63) is 78.1 Å². The third kappa shape index (κ3) is 4.06. The number of hydrogen-bond acceptors (Lipinski definition) is 4. The summed E-state index contributed by atoms with van der Waals surface area (Å²) in [6, 6.07) is 19.4. The van der Waals surface area contributed by atoms with Crippen molar-refractivity contribution in [3.8, 4) is 0 Å². The van der Waals surface area contributed by atoms with Gasteiger partial charge in [-0.05, 0) is 35.4 Å². The Bertz CT molecular complexity index is 904. The van der Waals surface area contributed by atoms with Gasteiger partial charge in [-0.3, -0.25) is 9.78 Å². The number of aromatic nitrogens is 1. The van der Waals surface area contributed by atoms with Crippen LogP contribution in [0.2, 0.25) is 0 Å². The van der Waals surface area contributed by atoms with Gasteiger partial charge in [0, 0.05) is 12.7 Å². The fourth-order valence-electron chi connectivity index (χ4n) is 2.84. The standard InChI is InChI=1S/C21H20N2O3/c1-2-26-21(25)20(24)23(15-18-11-5-6-13-22-18)14-17-10-7-9-16-8-3-4-12-19(16)17/h3-13H,2,14-15H2,1H3. The van der Waals surface area contributed by atoms with Crippen molar-refractivity contribution in [3.63, 3.8) is 0 Å². The molecule has 0 saturated heterocycles. The molecule has 26 heavy (non-hydrogen) atoms. The summed E-state index contributed by atoms with van der Waals surface area (Å²) in [5, 5.41) is 2.14. The normalized spacial score (nSPS) is 10.5. The van der Waals surface area contributed by atoms with Crippen LogP contribution in [-0.4, -0.2) is 28.4 Å². The molecule has 0 atom stereocenters. The third-order valence-corrected chi connectivity index (χ3v) is 4.06. The second-order valence-corrected chi connectivity index (χ2v) is 5.84. The number of nitrogens with zero attached hydrogens (tertiary/aromatic N) is 2. The van der Waals surface area contributed by atoms with Crippen molar-refractivity contribution in [1.82, 2.24) is 9.88 Å². The lowest BCUT2D eigenvalue weighted by molar-refractivity contribution is -0.160. The third-order valence-electron chi connectivity index (χ3n) is 4.06. The van der Waals surface area contributed by atoms with Gasteiger partial charge in [0.15, 0.2) is 0 Å². The molecule has 1 heterocycles. The van der Waals surface area contributed by atoms with E-state index in [1.54, 1.807) is 13.1 Å². The summed E-state index contributed by atoms with van der Waals surface area (Å²) in [5.74, 6) is -1.51. The van der Waals surface area contributed by atoms with Gasteiger partial charge >= 0.3 is 11.9 Å². The summed E-state index contributed by atoms with van der Waals surface area (Å²) < 4.78 is 4.90. The Balaban J connectivity index is 1.91. The highest BCUT2D eigenvalue weighted by Crippen LogP contribution is 2.21. The van der Waals surface area contributed by atoms with Crippen LogP contribution in [0.3, 0.4) is 0 Å². The molecule has 5 nitrogen and oxygen atoms in total. The van der Waals surface area contributed by atoms with E-state index in [1.165, 1.54) is 4.90 Å². The molecule has 2 aromatic carbocycles. The van der Waals surface area contributed by atoms with Crippen molar-refractivity contribution in [2.45, 2.75) is 20.0 Å². The van der Waals surface area contributed by atoms with Crippen LogP contribution >= 0.6 is 0 Å². The molecule has 0 aliphatic carbocycles. The molecule has 0 unspecified atom stereocenters. The number of pyridine rings is 1. The number of carbonyl (C=O) groups is 2. The summed E-state index contributed by atoms with van der Waals surface area (Å²) in [5.41, 5.74) is 1.68. The van der Waals surface area contributed by atoms with Crippen LogP contribution in [0.25, 0.3) is 10.8 Å². The second-order valence-electron chi connectivity index (χ2n) is 5.84. The van der Waals surface area contributed by atoms with Crippen molar-refractivity contribution >= 4 is 22.6 Å². The number of fused-ring (bicyclic) bond motifs is 1. The van der Waals surface area contributed by atoms with Gasteiger partial charge in [0.2, 0.25) is 0 Å². The van der Waals surface area contributed by atoms with E-state index < -0.39 is 11.9 Å². The van der Waals surface area contributed by atoms with Crippen LogP contribution in [0.4, 0.5) is 0 Å². The molecular weight excluding hydrogens is 328 g/mol. The fourth-order valence-corrected chi connectivity index (χ4v) is 2.84. The molecule has 1 amide bonds. The summed E-state index contributed by atoms with van der Waals surface area (Å²) >= 11 is 0. The molecule has 132 valence electrons. The summed E-state index contributed by atoms with van der Waals surface area (Å²) in [7, 11) is 0. The Morgan fingerprint density at radius 1 is 0.962 bits per heavy atom. The van der Waals surface area contributed by atoms with Gasteiger partial charge in [-0.15, -0.1) is 0 Å². The van der Waals surface area contributed by atoms with E-state index in [4.69, 9.17) is 4.74 Å². The molecule has 0 N–H and O–H groups in total. The number of ether oxygens (including phenoxy) is 1. The lowest BCUT2D eigenvalue weighted by Crippen LogP contribution is -2.37. The maximum Gasteiger partial charge on any atom is 0.397 e. The van der Waals surface area contributed by atoms with Gasteiger partial charge < -0.3 is 9.64 Å². The van der Waals surface area contributed by atoms with Crippen LogP contribution in [-0.2, 0) is 27.4 Å². The Kier molecular flexibility index (Phi) is 5.59. The first-order valence-electron chi connectivity index (χ1n) is 8.51. The summed E-state index contributed by atoms with van der Waals surface area (Å²) in [6.45, 7) is 2.38. The molecule has 5 heteroatoms. The molecule has 0 saturated carbocycles. The second kappa shape index (κ2) is 8.25. The Morgan fingerprint density at radius 3 is 2.50 bits per heavy atom.